The molecule has 2 heteroatoms. The van der Waals surface area contributed by atoms with Gasteiger partial charge in [0.1, 0.15) is 11.2 Å². The first-order valence-electron chi connectivity index (χ1n) is 18.5. The van der Waals surface area contributed by atoms with Crippen molar-refractivity contribution in [1.29, 1.82) is 0 Å². The molecule has 0 N–H and O–H groups in total. The van der Waals surface area contributed by atoms with Gasteiger partial charge in [-0.2, -0.15) is 0 Å². The Morgan fingerprint density at radius 2 is 0.981 bits per heavy atom. The van der Waals surface area contributed by atoms with Crippen LogP contribution in [0.1, 0.15) is 0 Å². The molecule has 1 heterocycles. The summed E-state index contributed by atoms with van der Waals surface area (Å²) in [6.07, 6.45) is 0. The maximum absolute atomic E-state index is 6.40. The van der Waals surface area contributed by atoms with E-state index in [0.717, 1.165) is 44.7 Å². The Morgan fingerprint density at radius 3 is 1.89 bits per heavy atom. The predicted molar refractivity (Wildman–Crippen MR) is 229 cm³/mol. The SMILES string of the molecule is c1ccc(-c2cccc(N(c3ccc4ccccc4c3)c3ccccc3-c3ccc4c5ccccc5c5c(ccc6oc7ccccc7c65)c4c3)c2)cc1. The highest BCUT2D eigenvalue weighted by Gasteiger charge is 2.20. The lowest BCUT2D eigenvalue weighted by Gasteiger charge is -2.28. The van der Waals surface area contributed by atoms with Gasteiger partial charge in [0, 0.05) is 33.1 Å². The van der Waals surface area contributed by atoms with Gasteiger partial charge in [-0.25, -0.2) is 0 Å². The molecule has 1 aromatic heterocycles. The van der Waals surface area contributed by atoms with Crippen molar-refractivity contribution >= 4 is 82.1 Å². The van der Waals surface area contributed by atoms with Crippen LogP contribution in [0.2, 0.25) is 0 Å². The van der Waals surface area contributed by atoms with E-state index in [1.165, 1.54) is 59.6 Å². The smallest absolute Gasteiger partial charge is 0.136 e. The minimum absolute atomic E-state index is 0.914. The van der Waals surface area contributed by atoms with Gasteiger partial charge in [0.2, 0.25) is 0 Å². The summed E-state index contributed by atoms with van der Waals surface area (Å²) in [6.45, 7) is 0. The first-order chi connectivity index (χ1) is 26.8. The molecule has 2 nitrogen and oxygen atoms in total. The van der Waals surface area contributed by atoms with E-state index in [-0.39, 0.29) is 0 Å². The molecule has 11 aromatic rings. The van der Waals surface area contributed by atoms with Crippen LogP contribution in [-0.4, -0.2) is 0 Å². The molecular formula is C52H33NO. The summed E-state index contributed by atoms with van der Waals surface area (Å²) >= 11 is 0. The first kappa shape index (κ1) is 30.5. The highest BCUT2D eigenvalue weighted by atomic mass is 16.3. The summed E-state index contributed by atoms with van der Waals surface area (Å²) < 4.78 is 6.40. The Bertz CT molecular complexity index is 3230. The third-order valence-electron chi connectivity index (χ3n) is 11.0. The van der Waals surface area contributed by atoms with Crippen molar-refractivity contribution < 1.29 is 4.42 Å². The van der Waals surface area contributed by atoms with Crippen molar-refractivity contribution in [3.05, 3.63) is 200 Å². The second kappa shape index (κ2) is 12.2. The summed E-state index contributed by atoms with van der Waals surface area (Å²) in [6, 6.07) is 72.3. The summed E-state index contributed by atoms with van der Waals surface area (Å²) in [7, 11) is 0. The number of furan rings is 1. The molecule has 0 aliphatic rings. The molecule has 0 atom stereocenters. The lowest BCUT2D eigenvalue weighted by atomic mass is 9.90. The third kappa shape index (κ3) is 4.81. The van der Waals surface area contributed by atoms with Gasteiger partial charge in [-0.3, -0.25) is 0 Å². The normalized spacial score (nSPS) is 11.7. The molecule has 54 heavy (non-hydrogen) atoms. The summed E-state index contributed by atoms with van der Waals surface area (Å²) in [5.41, 5.74) is 9.85. The highest BCUT2D eigenvalue weighted by Crippen LogP contribution is 2.46. The van der Waals surface area contributed by atoms with E-state index >= 15 is 0 Å². The standard InChI is InChI=1S/C52H33NO/c1-2-13-34(14-3-1)37-17-12-18-39(31-37)53(40-27-25-35-15-4-5-16-36(35)32-40)48-23-10-8-19-41(48)38-26-28-43-42-20-6-7-21-44(42)51-45(47(43)33-38)29-30-50-52(51)46-22-9-11-24-49(46)54-50/h1-33H. The fourth-order valence-corrected chi connectivity index (χ4v) is 8.54. The number of benzene rings is 10. The molecule has 0 radical (unpaired) electrons. The fourth-order valence-electron chi connectivity index (χ4n) is 8.54. The predicted octanol–water partition coefficient (Wildman–Crippen LogP) is 15.0. The van der Waals surface area contributed by atoms with Crippen LogP contribution in [0, 0.1) is 0 Å². The lowest BCUT2D eigenvalue weighted by Crippen LogP contribution is -2.11. The molecule has 0 fully saturated rings. The number of rotatable bonds is 5. The van der Waals surface area contributed by atoms with Crippen LogP contribution < -0.4 is 4.90 Å². The molecule has 11 rings (SSSR count). The molecule has 0 bridgehead atoms. The molecule has 0 saturated heterocycles. The van der Waals surface area contributed by atoms with Crippen LogP contribution in [0.4, 0.5) is 17.1 Å². The minimum atomic E-state index is 0.914. The van der Waals surface area contributed by atoms with Gasteiger partial charge >= 0.3 is 0 Å². The van der Waals surface area contributed by atoms with E-state index in [4.69, 9.17) is 4.42 Å². The van der Waals surface area contributed by atoms with Gasteiger partial charge < -0.3 is 9.32 Å². The Labute approximate surface area is 312 Å². The van der Waals surface area contributed by atoms with Gasteiger partial charge in [-0.05, 0) is 109 Å². The first-order valence-corrected chi connectivity index (χ1v) is 18.5. The van der Waals surface area contributed by atoms with Crippen LogP contribution in [-0.2, 0) is 0 Å². The van der Waals surface area contributed by atoms with E-state index < -0.39 is 0 Å². The monoisotopic (exact) mass is 687 g/mol. The topological polar surface area (TPSA) is 16.4 Å². The second-order valence-corrected chi connectivity index (χ2v) is 14.1. The summed E-state index contributed by atoms with van der Waals surface area (Å²) in [4.78, 5) is 2.41. The molecule has 0 saturated carbocycles. The van der Waals surface area contributed by atoms with Crippen LogP contribution in [0.15, 0.2) is 205 Å². The summed E-state index contributed by atoms with van der Waals surface area (Å²) in [5, 5.41) is 12.2. The molecule has 0 aliphatic carbocycles. The zero-order valence-electron chi connectivity index (χ0n) is 29.4. The Kier molecular flexibility index (Phi) is 6.90. The van der Waals surface area contributed by atoms with Crippen LogP contribution in [0.25, 0.3) is 87.3 Å². The van der Waals surface area contributed by atoms with E-state index in [0.29, 0.717) is 0 Å². The largest absolute Gasteiger partial charge is 0.456 e. The zero-order chi connectivity index (χ0) is 35.6. The number of anilines is 3. The van der Waals surface area contributed by atoms with E-state index in [1.807, 2.05) is 6.07 Å². The molecule has 10 aromatic carbocycles. The molecule has 252 valence electrons. The number of nitrogens with zero attached hydrogens (tertiary/aromatic N) is 1. The Morgan fingerprint density at radius 1 is 0.315 bits per heavy atom. The fraction of sp³-hybridized carbons (Fsp3) is 0. The van der Waals surface area contributed by atoms with Crippen molar-refractivity contribution in [2.75, 3.05) is 4.90 Å². The Hall–Kier alpha value is -7.16. The molecule has 0 spiro atoms. The number of para-hydroxylation sites is 2. The quantitative estimate of drug-likeness (QED) is 0.168. The van der Waals surface area contributed by atoms with Gasteiger partial charge in [0.25, 0.3) is 0 Å². The maximum Gasteiger partial charge on any atom is 0.136 e. The van der Waals surface area contributed by atoms with Gasteiger partial charge in [-0.15, -0.1) is 0 Å². The van der Waals surface area contributed by atoms with Gasteiger partial charge in [-0.1, -0.05) is 146 Å². The van der Waals surface area contributed by atoms with Crippen LogP contribution in [0.5, 0.6) is 0 Å². The highest BCUT2D eigenvalue weighted by molar-refractivity contribution is 6.34. The van der Waals surface area contributed by atoms with Gasteiger partial charge in [0.05, 0.1) is 5.69 Å². The average molecular weight is 688 g/mol. The molecular weight excluding hydrogens is 655 g/mol. The zero-order valence-corrected chi connectivity index (χ0v) is 29.4. The van der Waals surface area contributed by atoms with Crippen molar-refractivity contribution in [3.8, 4) is 22.3 Å². The van der Waals surface area contributed by atoms with Gasteiger partial charge in [0.15, 0.2) is 0 Å². The Balaban J connectivity index is 1.17. The second-order valence-electron chi connectivity index (χ2n) is 14.1. The summed E-state index contributed by atoms with van der Waals surface area (Å²) in [5.74, 6) is 0. The minimum Gasteiger partial charge on any atom is -0.456 e. The lowest BCUT2D eigenvalue weighted by molar-refractivity contribution is 0.669. The van der Waals surface area contributed by atoms with Crippen molar-refractivity contribution in [1.82, 2.24) is 0 Å². The van der Waals surface area contributed by atoms with Crippen LogP contribution in [0.3, 0.4) is 0 Å². The van der Waals surface area contributed by atoms with Crippen molar-refractivity contribution in [2.45, 2.75) is 0 Å². The maximum atomic E-state index is 6.40. The molecule has 0 unspecified atom stereocenters. The van der Waals surface area contributed by atoms with E-state index in [9.17, 15) is 0 Å². The molecule has 0 amide bonds. The van der Waals surface area contributed by atoms with E-state index in [1.54, 1.807) is 0 Å². The third-order valence-corrected chi connectivity index (χ3v) is 11.0. The van der Waals surface area contributed by atoms with Crippen molar-refractivity contribution in [3.63, 3.8) is 0 Å². The molecule has 0 aliphatic heterocycles. The van der Waals surface area contributed by atoms with Crippen molar-refractivity contribution in [2.24, 2.45) is 0 Å². The van der Waals surface area contributed by atoms with Crippen LogP contribution >= 0.6 is 0 Å². The number of hydrogen-bond acceptors (Lipinski definition) is 2. The average Bonchev–Trinajstić information content (AvgIpc) is 3.63. The van der Waals surface area contributed by atoms with E-state index in [2.05, 4.69) is 199 Å². The number of fused-ring (bicyclic) bond motifs is 11. The number of hydrogen-bond donors (Lipinski definition) is 0.